The van der Waals surface area contributed by atoms with Crippen LogP contribution in [0, 0.1) is 11.6 Å². The molecule has 5 nitrogen and oxygen atoms in total. The summed E-state index contributed by atoms with van der Waals surface area (Å²) in [7, 11) is -3.68. The predicted molar refractivity (Wildman–Crippen MR) is 118 cm³/mol. The molecule has 0 saturated heterocycles. The molecule has 0 radical (unpaired) electrons. The normalized spacial score (nSPS) is 15.4. The number of aromatic amines is 1. The molecule has 0 aliphatic carbocycles. The van der Waals surface area contributed by atoms with Crippen molar-refractivity contribution < 1.29 is 17.2 Å². The zero-order valence-electron chi connectivity index (χ0n) is 17.1. The SMILES string of the molecule is O=S(=O)(NCCCCN1CC=C(c2c[nH]c3ccc(F)cc23)CC1)c1cccc(F)c1. The lowest BCUT2D eigenvalue weighted by Crippen LogP contribution is -2.30. The molecular formula is C23H25F2N3O2S. The third-order valence-corrected chi connectivity index (χ3v) is 7.04. The molecule has 0 fully saturated rings. The van der Waals surface area contributed by atoms with Gasteiger partial charge in [-0.05, 0) is 67.8 Å². The van der Waals surface area contributed by atoms with E-state index < -0.39 is 15.8 Å². The zero-order valence-corrected chi connectivity index (χ0v) is 17.9. The second kappa shape index (κ2) is 9.30. The summed E-state index contributed by atoms with van der Waals surface area (Å²) >= 11 is 0. The van der Waals surface area contributed by atoms with E-state index in [1.54, 1.807) is 12.1 Å². The maximum atomic E-state index is 13.6. The molecule has 8 heteroatoms. The minimum atomic E-state index is -3.68. The van der Waals surface area contributed by atoms with Gasteiger partial charge >= 0.3 is 0 Å². The van der Waals surface area contributed by atoms with Gasteiger partial charge in [-0.1, -0.05) is 12.1 Å². The molecule has 0 saturated carbocycles. The van der Waals surface area contributed by atoms with Gasteiger partial charge in [-0.2, -0.15) is 0 Å². The fraction of sp³-hybridized carbons (Fsp3) is 0.304. The molecule has 1 aromatic heterocycles. The largest absolute Gasteiger partial charge is 0.361 e. The van der Waals surface area contributed by atoms with Gasteiger partial charge in [-0.3, -0.25) is 4.90 Å². The van der Waals surface area contributed by atoms with Crippen LogP contribution >= 0.6 is 0 Å². The summed E-state index contributed by atoms with van der Waals surface area (Å²) < 4.78 is 53.8. The summed E-state index contributed by atoms with van der Waals surface area (Å²) in [5, 5.41) is 0.908. The summed E-state index contributed by atoms with van der Waals surface area (Å²) in [6.45, 7) is 2.90. The third-order valence-electron chi connectivity index (χ3n) is 5.58. The van der Waals surface area contributed by atoms with Gasteiger partial charge in [0.05, 0.1) is 4.90 Å². The quantitative estimate of drug-likeness (QED) is 0.509. The summed E-state index contributed by atoms with van der Waals surface area (Å²) in [4.78, 5) is 5.46. The third kappa shape index (κ3) is 5.20. The highest BCUT2D eigenvalue weighted by atomic mass is 32.2. The number of unbranched alkanes of at least 4 members (excludes halogenated alkanes) is 1. The molecule has 1 aliphatic rings. The Kier molecular flexibility index (Phi) is 6.50. The van der Waals surface area contributed by atoms with Gasteiger partial charge in [-0.25, -0.2) is 21.9 Å². The van der Waals surface area contributed by atoms with Crippen LogP contribution in [0.25, 0.3) is 16.5 Å². The molecule has 2 N–H and O–H groups in total. The van der Waals surface area contributed by atoms with Gasteiger partial charge in [0.1, 0.15) is 11.6 Å². The first-order valence-corrected chi connectivity index (χ1v) is 11.8. The lowest BCUT2D eigenvalue weighted by molar-refractivity contribution is 0.295. The van der Waals surface area contributed by atoms with Crippen molar-refractivity contribution in [2.24, 2.45) is 0 Å². The number of hydrogen-bond donors (Lipinski definition) is 2. The average molecular weight is 446 g/mol. The average Bonchev–Trinajstić information content (AvgIpc) is 3.17. The smallest absolute Gasteiger partial charge is 0.240 e. The predicted octanol–water partition coefficient (Wildman–Crippen LogP) is 4.29. The Morgan fingerprint density at radius 2 is 1.90 bits per heavy atom. The number of halogens is 2. The highest BCUT2D eigenvalue weighted by Gasteiger charge is 2.17. The van der Waals surface area contributed by atoms with Gasteiger partial charge in [-0.15, -0.1) is 0 Å². The molecule has 1 aliphatic heterocycles. The molecule has 0 atom stereocenters. The Bertz CT molecular complexity index is 1200. The van der Waals surface area contributed by atoms with Crippen LogP contribution in [0.15, 0.2) is 59.6 Å². The highest BCUT2D eigenvalue weighted by molar-refractivity contribution is 7.89. The van der Waals surface area contributed by atoms with Crippen LogP contribution in [0.4, 0.5) is 8.78 Å². The van der Waals surface area contributed by atoms with Crippen molar-refractivity contribution in [3.63, 3.8) is 0 Å². The van der Waals surface area contributed by atoms with E-state index in [0.717, 1.165) is 55.0 Å². The van der Waals surface area contributed by atoms with Crippen molar-refractivity contribution in [2.45, 2.75) is 24.2 Å². The zero-order chi connectivity index (χ0) is 21.8. The van der Waals surface area contributed by atoms with E-state index in [4.69, 9.17) is 0 Å². The van der Waals surface area contributed by atoms with Gasteiger partial charge in [0, 0.05) is 42.3 Å². The van der Waals surface area contributed by atoms with Crippen molar-refractivity contribution in [3.8, 4) is 0 Å². The van der Waals surface area contributed by atoms with Gasteiger partial charge in [0.25, 0.3) is 0 Å². The van der Waals surface area contributed by atoms with Crippen LogP contribution in [0.2, 0.25) is 0 Å². The molecule has 0 amide bonds. The Balaban J connectivity index is 1.24. The molecule has 2 heterocycles. The molecule has 0 bridgehead atoms. The van der Waals surface area contributed by atoms with Crippen LogP contribution in [0.5, 0.6) is 0 Å². The van der Waals surface area contributed by atoms with Crippen molar-refractivity contribution in [3.05, 3.63) is 71.9 Å². The molecular weight excluding hydrogens is 420 g/mol. The fourth-order valence-corrected chi connectivity index (χ4v) is 5.01. The first-order valence-electron chi connectivity index (χ1n) is 10.4. The molecule has 2 aromatic carbocycles. The van der Waals surface area contributed by atoms with E-state index in [1.165, 1.54) is 29.8 Å². The number of sulfonamides is 1. The molecule has 0 unspecified atom stereocenters. The van der Waals surface area contributed by atoms with Gasteiger partial charge in [0.15, 0.2) is 0 Å². The summed E-state index contributed by atoms with van der Waals surface area (Å²) in [5.41, 5.74) is 3.21. The van der Waals surface area contributed by atoms with Crippen LogP contribution in [0.3, 0.4) is 0 Å². The lowest BCUT2D eigenvalue weighted by atomic mass is 9.99. The van der Waals surface area contributed by atoms with E-state index in [0.29, 0.717) is 13.0 Å². The van der Waals surface area contributed by atoms with Crippen LogP contribution < -0.4 is 4.72 Å². The highest BCUT2D eigenvalue weighted by Crippen LogP contribution is 2.29. The second-order valence-corrected chi connectivity index (χ2v) is 9.50. The standard InChI is InChI=1S/C23H25F2N3O2S/c24-18-4-3-5-20(14-18)31(29,30)27-10-1-2-11-28-12-8-17(9-13-28)22-16-26-23-7-6-19(25)15-21(22)23/h3-8,14-16,26-27H,1-2,9-13H2. The van der Waals surface area contributed by atoms with Gasteiger partial charge in [0.2, 0.25) is 10.0 Å². The Morgan fingerprint density at radius 3 is 2.68 bits per heavy atom. The number of nitrogens with zero attached hydrogens (tertiary/aromatic N) is 1. The number of H-pyrrole nitrogens is 1. The fourth-order valence-electron chi connectivity index (χ4n) is 3.90. The molecule has 0 spiro atoms. The first kappa shape index (κ1) is 21.7. The first-order chi connectivity index (χ1) is 14.9. The number of rotatable bonds is 8. The van der Waals surface area contributed by atoms with Gasteiger partial charge < -0.3 is 4.98 Å². The maximum absolute atomic E-state index is 13.6. The van der Waals surface area contributed by atoms with Crippen molar-refractivity contribution >= 4 is 26.5 Å². The summed E-state index contributed by atoms with van der Waals surface area (Å²) in [6.07, 6.45) is 6.56. The van der Waals surface area contributed by atoms with Crippen LogP contribution in [0.1, 0.15) is 24.8 Å². The molecule has 31 heavy (non-hydrogen) atoms. The van der Waals surface area contributed by atoms with E-state index >= 15 is 0 Å². The van der Waals surface area contributed by atoms with Crippen LogP contribution in [-0.4, -0.2) is 44.5 Å². The topological polar surface area (TPSA) is 65.2 Å². The summed E-state index contributed by atoms with van der Waals surface area (Å²) in [5.74, 6) is -0.808. The van der Waals surface area contributed by atoms with Crippen molar-refractivity contribution in [1.82, 2.24) is 14.6 Å². The second-order valence-electron chi connectivity index (χ2n) is 7.73. The number of nitrogens with one attached hydrogen (secondary N) is 2. The number of hydrogen-bond acceptors (Lipinski definition) is 3. The van der Waals surface area contributed by atoms with Crippen molar-refractivity contribution in [2.75, 3.05) is 26.2 Å². The minimum absolute atomic E-state index is 0.0571. The molecule has 3 aromatic rings. The molecule has 164 valence electrons. The lowest BCUT2D eigenvalue weighted by Gasteiger charge is -2.26. The Morgan fingerprint density at radius 1 is 1.06 bits per heavy atom. The Hall–Kier alpha value is -2.55. The van der Waals surface area contributed by atoms with E-state index in [2.05, 4.69) is 20.7 Å². The number of benzene rings is 2. The van der Waals surface area contributed by atoms with E-state index in [9.17, 15) is 17.2 Å². The molecule has 4 rings (SSSR count). The van der Waals surface area contributed by atoms with Crippen molar-refractivity contribution in [1.29, 1.82) is 0 Å². The van der Waals surface area contributed by atoms with E-state index in [1.807, 2.05) is 6.20 Å². The van der Waals surface area contributed by atoms with E-state index in [-0.39, 0.29) is 10.7 Å². The minimum Gasteiger partial charge on any atom is -0.361 e. The Labute approximate surface area is 180 Å². The summed E-state index contributed by atoms with van der Waals surface area (Å²) in [6, 6.07) is 9.78. The maximum Gasteiger partial charge on any atom is 0.240 e. The number of fused-ring (bicyclic) bond motifs is 1. The monoisotopic (exact) mass is 445 g/mol. The van der Waals surface area contributed by atoms with Crippen LogP contribution in [-0.2, 0) is 10.0 Å². The number of aromatic nitrogens is 1.